The summed E-state index contributed by atoms with van der Waals surface area (Å²) in [6.45, 7) is 7.01. The van der Waals surface area contributed by atoms with Crippen molar-refractivity contribution in [1.82, 2.24) is 0 Å². The second kappa shape index (κ2) is 5.93. The van der Waals surface area contributed by atoms with Crippen molar-refractivity contribution in [3.8, 4) is 6.07 Å². The number of nitriles is 1. The number of rotatable bonds is 3. The molecule has 2 unspecified atom stereocenters. The number of halogens is 1. The lowest BCUT2D eigenvalue weighted by molar-refractivity contribution is -0.0324. The van der Waals surface area contributed by atoms with Crippen molar-refractivity contribution < 1.29 is 9.13 Å². The van der Waals surface area contributed by atoms with E-state index in [1.54, 1.807) is 6.07 Å². The maximum atomic E-state index is 13.7. The Kier molecular flexibility index (Phi) is 4.45. The van der Waals surface area contributed by atoms with E-state index in [0.29, 0.717) is 17.0 Å². The maximum Gasteiger partial charge on any atom is 0.128 e. The summed E-state index contributed by atoms with van der Waals surface area (Å²) in [5, 5.41) is 8.86. The Morgan fingerprint density at radius 3 is 2.80 bits per heavy atom. The van der Waals surface area contributed by atoms with Crippen LogP contribution in [0.25, 0.3) is 0 Å². The molecular weight excluding hydrogens is 253 g/mol. The minimum atomic E-state index is -0.299. The monoisotopic (exact) mass is 275 g/mol. The van der Waals surface area contributed by atoms with Crippen LogP contribution in [-0.2, 0) is 11.3 Å². The second-order valence-corrected chi connectivity index (χ2v) is 6.76. The molecule has 3 heteroatoms. The zero-order valence-electron chi connectivity index (χ0n) is 12.4. The Bertz CT molecular complexity index is 518. The van der Waals surface area contributed by atoms with E-state index in [4.69, 9.17) is 10.00 Å². The molecule has 0 aliphatic heterocycles. The Hall–Kier alpha value is -1.40. The Morgan fingerprint density at radius 2 is 2.15 bits per heavy atom. The molecule has 0 bridgehead atoms. The van der Waals surface area contributed by atoms with Gasteiger partial charge in [0, 0.05) is 5.56 Å². The number of ether oxygens (including phenoxy) is 1. The topological polar surface area (TPSA) is 33.0 Å². The first kappa shape index (κ1) is 15.0. The highest BCUT2D eigenvalue weighted by Gasteiger charge is 2.32. The summed E-state index contributed by atoms with van der Waals surface area (Å²) in [4.78, 5) is 0. The van der Waals surface area contributed by atoms with Crippen LogP contribution in [0.1, 0.15) is 51.2 Å². The Morgan fingerprint density at radius 1 is 1.40 bits per heavy atom. The van der Waals surface area contributed by atoms with Gasteiger partial charge in [0.1, 0.15) is 5.82 Å². The van der Waals surface area contributed by atoms with Crippen molar-refractivity contribution in [2.24, 2.45) is 11.3 Å². The van der Waals surface area contributed by atoms with E-state index < -0.39 is 0 Å². The van der Waals surface area contributed by atoms with Crippen molar-refractivity contribution in [3.05, 3.63) is 35.1 Å². The molecule has 20 heavy (non-hydrogen) atoms. The quantitative estimate of drug-likeness (QED) is 0.817. The van der Waals surface area contributed by atoms with Crippen LogP contribution in [0.2, 0.25) is 0 Å². The standard InChI is InChI=1S/C17H22FNO/c1-12-6-15(9-17(2,3)8-12)20-11-14-7-13(10-19)4-5-16(14)18/h4-5,7,12,15H,6,8-9,11H2,1-3H3. The average Bonchev–Trinajstić information content (AvgIpc) is 2.35. The van der Waals surface area contributed by atoms with Crippen LogP contribution in [0, 0.1) is 28.5 Å². The van der Waals surface area contributed by atoms with Crippen molar-refractivity contribution >= 4 is 0 Å². The third kappa shape index (κ3) is 3.80. The molecule has 0 heterocycles. The molecule has 2 atom stereocenters. The lowest BCUT2D eigenvalue weighted by Crippen LogP contribution is -2.32. The summed E-state index contributed by atoms with van der Waals surface area (Å²) in [6.07, 6.45) is 3.43. The molecule has 1 aliphatic carbocycles. The van der Waals surface area contributed by atoms with Crippen molar-refractivity contribution in [1.29, 1.82) is 5.26 Å². The summed E-state index contributed by atoms with van der Waals surface area (Å²) < 4.78 is 19.6. The molecular formula is C17H22FNO. The van der Waals surface area contributed by atoms with Gasteiger partial charge < -0.3 is 4.74 Å². The van der Waals surface area contributed by atoms with E-state index in [-0.39, 0.29) is 23.9 Å². The molecule has 0 saturated heterocycles. The molecule has 0 radical (unpaired) electrons. The van der Waals surface area contributed by atoms with E-state index in [9.17, 15) is 4.39 Å². The van der Waals surface area contributed by atoms with Crippen molar-refractivity contribution in [3.63, 3.8) is 0 Å². The summed E-state index contributed by atoms with van der Waals surface area (Å²) in [5.41, 5.74) is 1.23. The third-order valence-electron chi connectivity index (χ3n) is 4.00. The van der Waals surface area contributed by atoms with E-state index >= 15 is 0 Å². The predicted molar refractivity (Wildman–Crippen MR) is 76.5 cm³/mol. The van der Waals surface area contributed by atoms with Crippen LogP contribution in [0.3, 0.4) is 0 Å². The van der Waals surface area contributed by atoms with Crippen LogP contribution in [0.15, 0.2) is 18.2 Å². The van der Waals surface area contributed by atoms with Gasteiger partial charge in [0.2, 0.25) is 0 Å². The number of hydrogen-bond donors (Lipinski definition) is 0. The van der Waals surface area contributed by atoms with Gasteiger partial charge in [0.05, 0.1) is 24.3 Å². The predicted octanol–water partition coefficient (Wildman–Crippen LogP) is 4.43. The molecule has 1 fully saturated rings. The summed E-state index contributed by atoms with van der Waals surface area (Å²) in [7, 11) is 0. The fourth-order valence-electron chi connectivity index (χ4n) is 3.35. The van der Waals surface area contributed by atoms with Gasteiger partial charge in [-0.25, -0.2) is 4.39 Å². The lowest BCUT2D eigenvalue weighted by atomic mass is 9.71. The molecule has 1 aliphatic rings. The van der Waals surface area contributed by atoms with Crippen LogP contribution in [-0.4, -0.2) is 6.10 Å². The summed E-state index contributed by atoms with van der Waals surface area (Å²) >= 11 is 0. The first-order chi connectivity index (χ1) is 9.39. The highest BCUT2D eigenvalue weighted by molar-refractivity contribution is 5.33. The third-order valence-corrected chi connectivity index (χ3v) is 4.00. The largest absolute Gasteiger partial charge is 0.373 e. The van der Waals surface area contributed by atoms with E-state index in [1.807, 2.05) is 6.07 Å². The fourth-order valence-corrected chi connectivity index (χ4v) is 3.35. The van der Waals surface area contributed by atoms with Gasteiger partial charge in [-0.15, -0.1) is 0 Å². The molecule has 0 amide bonds. The van der Waals surface area contributed by atoms with Gasteiger partial charge in [-0.05, 0) is 48.8 Å². The first-order valence-electron chi connectivity index (χ1n) is 7.20. The summed E-state index contributed by atoms with van der Waals surface area (Å²) in [6, 6.07) is 6.44. The van der Waals surface area contributed by atoms with Crippen molar-refractivity contribution in [2.75, 3.05) is 0 Å². The van der Waals surface area contributed by atoms with Crippen molar-refractivity contribution in [2.45, 2.75) is 52.7 Å². The highest BCUT2D eigenvalue weighted by atomic mass is 19.1. The average molecular weight is 275 g/mol. The zero-order valence-corrected chi connectivity index (χ0v) is 12.4. The van der Waals surface area contributed by atoms with Gasteiger partial charge in [0.25, 0.3) is 0 Å². The van der Waals surface area contributed by atoms with E-state index in [0.717, 1.165) is 12.8 Å². The molecule has 0 aromatic heterocycles. The smallest absolute Gasteiger partial charge is 0.128 e. The molecule has 1 aromatic rings. The SMILES string of the molecule is CC1CC(OCc2cc(C#N)ccc2F)CC(C)(C)C1. The minimum absolute atomic E-state index is 0.180. The Balaban J connectivity index is 2.00. The molecule has 0 N–H and O–H groups in total. The fraction of sp³-hybridized carbons (Fsp3) is 0.588. The van der Waals surface area contributed by atoms with Crippen LogP contribution in [0.5, 0.6) is 0 Å². The molecule has 2 nitrogen and oxygen atoms in total. The molecule has 1 saturated carbocycles. The van der Waals surface area contributed by atoms with Gasteiger partial charge in [-0.2, -0.15) is 5.26 Å². The summed E-state index contributed by atoms with van der Waals surface area (Å²) in [5.74, 6) is 0.339. The van der Waals surface area contributed by atoms with E-state index in [2.05, 4.69) is 20.8 Å². The number of benzene rings is 1. The van der Waals surface area contributed by atoms with Gasteiger partial charge in [-0.3, -0.25) is 0 Å². The zero-order chi connectivity index (χ0) is 14.8. The molecule has 1 aromatic carbocycles. The number of hydrogen-bond acceptors (Lipinski definition) is 2. The second-order valence-electron chi connectivity index (χ2n) is 6.76. The van der Waals surface area contributed by atoms with Crippen LogP contribution < -0.4 is 0 Å². The molecule has 0 spiro atoms. The maximum absolute atomic E-state index is 13.7. The number of nitrogens with zero attached hydrogens (tertiary/aromatic N) is 1. The first-order valence-corrected chi connectivity index (χ1v) is 7.20. The van der Waals surface area contributed by atoms with Gasteiger partial charge >= 0.3 is 0 Å². The van der Waals surface area contributed by atoms with Crippen LogP contribution in [0.4, 0.5) is 4.39 Å². The normalized spacial score (nSPS) is 25.1. The molecule has 108 valence electrons. The Labute approximate surface area is 120 Å². The highest BCUT2D eigenvalue weighted by Crippen LogP contribution is 2.39. The van der Waals surface area contributed by atoms with Crippen LogP contribution >= 0.6 is 0 Å². The lowest BCUT2D eigenvalue weighted by Gasteiger charge is -2.38. The van der Waals surface area contributed by atoms with Gasteiger partial charge in [-0.1, -0.05) is 20.8 Å². The molecule has 2 rings (SSSR count). The minimum Gasteiger partial charge on any atom is -0.373 e. The van der Waals surface area contributed by atoms with E-state index in [1.165, 1.54) is 18.6 Å². The van der Waals surface area contributed by atoms with Gasteiger partial charge in [0.15, 0.2) is 0 Å².